The average molecular weight is 213 g/mol. The van der Waals surface area contributed by atoms with Gasteiger partial charge in [-0.3, -0.25) is 4.79 Å². The summed E-state index contributed by atoms with van der Waals surface area (Å²) in [5.41, 5.74) is 1.98. The molecular weight excluding hydrogens is 200 g/mol. The molecule has 1 N–H and O–H groups in total. The number of aliphatic carboxylic acids is 1. The maximum Gasteiger partial charge on any atom is 0.306 e. The Kier molecular flexibility index (Phi) is 3.53. The minimum atomic E-state index is -0.790. The third-order valence-corrected chi connectivity index (χ3v) is 2.51. The molecule has 0 fully saturated rings. The third kappa shape index (κ3) is 2.74. The van der Waals surface area contributed by atoms with Crippen molar-refractivity contribution in [3.8, 4) is 0 Å². The molecule has 0 spiro atoms. The van der Waals surface area contributed by atoms with Crippen molar-refractivity contribution in [2.24, 2.45) is 5.92 Å². The smallest absolute Gasteiger partial charge is 0.306 e. The summed E-state index contributed by atoms with van der Waals surface area (Å²) < 4.78 is 0. The van der Waals surface area contributed by atoms with E-state index in [1.165, 1.54) is 0 Å². The zero-order valence-corrected chi connectivity index (χ0v) is 9.01. The summed E-state index contributed by atoms with van der Waals surface area (Å²) in [6, 6.07) is 5.68. The van der Waals surface area contributed by atoms with Crippen molar-refractivity contribution < 1.29 is 9.90 Å². The Bertz CT molecular complexity index is 347. The molecule has 0 saturated carbocycles. The first-order valence-corrected chi connectivity index (χ1v) is 4.86. The fraction of sp³-hybridized carbons (Fsp3) is 0.364. The average Bonchev–Trinajstić information content (AvgIpc) is 2.09. The van der Waals surface area contributed by atoms with Gasteiger partial charge in [0.05, 0.1) is 5.92 Å². The van der Waals surface area contributed by atoms with Gasteiger partial charge in [-0.1, -0.05) is 30.7 Å². The van der Waals surface area contributed by atoms with Crippen LogP contribution < -0.4 is 0 Å². The third-order valence-electron chi connectivity index (χ3n) is 2.16. The van der Waals surface area contributed by atoms with Gasteiger partial charge in [0.2, 0.25) is 0 Å². The lowest BCUT2D eigenvalue weighted by atomic mass is 10.0. The second-order valence-electron chi connectivity index (χ2n) is 3.54. The van der Waals surface area contributed by atoms with Gasteiger partial charge in [-0.25, -0.2) is 0 Å². The lowest BCUT2D eigenvalue weighted by Gasteiger charge is -2.08. The van der Waals surface area contributed by atoms with Crippen LogP contribution in [0.1, 0.15) is 18.1 Å². The van der Waals surface area contributed by atoms with E-state index in [0.29, 0.717) is 11.4 Å². The fourth-order valence-corrected chi connectivity index (χ4v) is 1.55. The van der Waals surface area contributed by atoms with E-state index in [-0.39, 0.29) is 0 Å². The molecule has 0 bridgehead atoms. The number of carboxylic acids is 1. The van der Waals surface area contributed by atoms with E-state index < -0.39 is 11.9 Å². The van der Waals surface area contributed by atoms with Crippen LogP contribution in [0.25, 0.3) is 0 Å². The molecule has 0 aliphatic rings. The van der Waals surface area contributed by atoms with E-state index in [2.05, 4.69) is 0 Å². The van der Waals surface area contributed by atoms with Gasteiger partial charge in [-0.05, 0) is 30.5 Å². The van der Waals surface area contributed by atoms with Gasteiger partial charge in [0, 0.05) is 5.02 Å². The molecule has 0 aliphatic carbocycles. The Morgan fingerprint density at radius 3 is 2.71 bits per heavy atom. The summed E-state index contributed by atoms with van der Waals surface area (Å²) in [5.74, 6) is -1.18. The minimum Gasteiger partial charge on any atom is -0.481 e. The Hall–Kier alpha value is -1.02. The molecule has 0 aliphatic heterocycles. The van der Waals surface area contributed by atoms with Crippen molar-refractivity contribution in [1.82, 2.24) is 0 Å². The lowest BCUT2D eigenvalue weighted by Crippen LogP contribution is -2.12. The number of carboxylic acid groups (broad SMARTS) is 1. The number of hydrogen-bond donors (Lipinski definition) is 1. The standard InChI is InChI=1S/C11H13ClO2/c1-7-3-4-9(10(12)5-7)6-8(2)11(13)14/h3-5,8H,6H2,1-2H3,(H,13,14). The molecule has 2 nitrogen and oxygen atoms in total. The van der Waals surface area contributed by atoms with E-state index in [0.717, 1.165) is 11.1 Å². The molecule has 1 atom stereocenters. The molecule has 0 aromatic heterocycles. The summed E-state index contributed by atoms with van der Waals surface area (Å²) in [6.45, 7) is 3.63. The molecule has 0 heterocycles. The first-order valence-electron chi connectivity index (χ1n) is 4.48. The van der Waals surface area contributed by atoms with Crippen LogP contribution in [0.4, 0.5) is 0 Å². The fourth-order valence-electron chi connectivity index (χ4n) is 1.24. The number of carbonyl (C=O) groups is 1. The summed E-state index contributed by atoms with van der Waals surface area (Å²) in [6.07, 6.45) is 0.481. The van der Waals surface area contributed by atoms with Gasteiger partial charge in [0.15, 0.2) is 0 Å². The van der Waals surface area contributed by atoms with Crippen molar-refractivity contribution in [2.75, 3.05) is 0 Å². The van der Waals surface area contributed by atoms with Gasteiger partial charge < -0.3 is 5.11 Å². The highest BCUT2D eigenvalue weighted by Gasteiger charge is 2.13. The van der Waals surface area contributed by atoms with Crippen LogP contribution in [0, 0.1) is 12.8 Å². The molecule has 0 radical (unpaired) electrons. The first-order chi connectivity index (χ1) is 6.50. The SMILES string of the molecule is Cc1ccc(CC(C)C(=O)O)c(Cl)c1. The van der Waals surface area contributed by atoms with Crippen LogP contribution in [-0.2, 0) is 11.2 Å². The highest BCUT2D eigenvalue weighted by molar-refractivity contribution is 6.31. The van der Waals surface area contributed by atoms with Crippen LogP contribution in [0.5, 0.6) is 0 Å². The molecular formula is C11H13ClO2. The highest BCUT2D eigenvalue weighted by Crippen LogP contribution is 2.20. The van der Waals surface area contributed by atoms with Crippen LogP contribution >= 0.6 is 11.6 Å². The quantitative estimate of drug-likeness (QED) is 0.837. The Morgan fingerprint density at radius 1 is 1.57 bits per heavy atom. The zero-order chi connectivity index (χ0) is 10.7. The van der Waals surface area contributed by atoms with E-state index in [9.17, 15) is 4.79 Å². The van der Waals surface area contributed by atoms with Crippen LogP contribution in [0.2, 0.25) is 5.02 Å². The monoisotopic (exact) mass is 212 g/mol. The van der Waals surface area contributed by atoms with E-state index in [1.807, 2.05) is 25.1 Å². The molecule has 14 heavy (non-hydrogen) atoms. The topological polar surface area (TPSA) is 37.3 Å². The van der Waals surface area contributed by atoms with Crippen molar-refractivity contribution in [3.05, 3.63) is 34.3 Å². The highest BCUT2D eigenvalue weighted by atomic mass is 35.5. The Balaban J connectivity index is 2.82. The maximum atomic E-state index is 10.6. The normalized spacial score (nSPS) is 12.5. The largest absolute Gasteiger partial charge is 0.481 e. The number of aryl methyl sites for hydroxylation is 1. The van der Waals surface area contributed by atoms with Crippen LogP contribution in [0.15, 0.2) is 18.2 Å². The molecule has 1 aromatic carbocycles. The molecule has 1 unspecified atom stereocenters. The van der Waals surface area contributed by atoms with Crippen LogP contribution in [0.3, 0.4) is 0 Å². The van der Waals surface area contributed by atoms with Crippen LogP contribution in [-0.4, -0.2) is 11.1 Å². The van der Waals surface area contributed by atoms with Gasteiger partial charge in [-0.15, -0.1) is 0 Å². The summed E-state index contributed by atoms with van der Waals surface area (Å²) >= 11 is 5.99. The van der Waals surface area contributed by atoms with Crippen molar-refractivity contribution in [1.29, 1.82) is 0 Å². The number of rotatable bonds is 3. The minimum absolute atomic E-state index is 0.393. The number of benzene rings is 1. The van der Waals surface area contributed by atoms with Gasteiger partial charge in [-0.2, -0.15) is 0 Å². The second-order valence-corrected chi connectivity index (χ2v) is 3.95. The molecule has 1 rings (SSSR count). The Labute approximate surface area is 88.5 Å². The van der Waals surface area contributed by atoms with Crippen molar-refractivity contribution in [2.45, 2.75) is 20.3 Å². The van der Waals surface area contributed by atoms with Gasteiger partial charge >= 0.3 is 5.97 Å². The van der Waals surface area contributed by atoms with E-state index >= 15 is 0 Å². The van der Waals surface area contributed by atoms with Crippen molar-refractivity contribution >= 4 is 17.6 Å². The molecule has 0 saturated heterocycles. The van der Waals surface area contributed by atoms with E-state index in [4.69, 9.17) is 16.7 Å². The van der Waals surface area contributed by atoms with Gasteiger partial charge in [0.1, 0.15) is 0 Å². The van der Waals surface area contributed by atoms with Gasteiger partial charge in [0.25, 0.3) is 0 Å². The maximum absolute atomic E-state index is 10.6. The second kappa shape index (κ2) is 4.47. The molecule has 1 aromatic rings. The zero-order valence-electron chi connectivity index (χ0n) is 8.25. The summed E-state index contributed by atoms with van der Waals surface area (Å²) in [5, 5.41) is 9.40. The lowest BCUT2D eigenvalue weighted by molar-refractivity contribution is -0.141. The summed E-state index contributed by atoms with van der Waals surface area (Å²) in [4.78, 5) is 10.6. The number of halogens is 1. The molecule has 3 heteroatoms. The predicted octanol–water partition coefficient (Wildman–Crippen LogP) is 2.91. The Morgan fingerprint density at radius 2 is 2.21 bits per heavy atom. The molecule has 76 valence electrons. The van der Waals surface area contributed by atoms with Crippen molar-refractivity contribution in [3.63, 3.8) is 0 Å². The number of hydrogen-bond acceptors (Lipinski definition) is 1. The first kappa shape index (κ1) is 11.1. The van der Waals surface area contributed by atoms with E-state index in [1.54, 1.807) is 6.92 Å². The summed E-state index contributed by atoms with van der Waals surface area (Å²) in [7, 11) is 0. The predicted molar refractivity (Wildman–Crippen MR) is 56.7 cm³/mol. The molecule has 0 amide bonds.